The van der Waals surface area contributed by atoms with E-state index in [0.717, 1.165) is 0 Å². The van der Waals surface area contributed by atoms with Gasteiger partial charge in [-0.25, -0.2) is 0 Å². The molecule has 0 spiro atoms. The number of carboxylic acids is 1. The molecular formula is C10H11NO4. The van der Waals surface area contributed by atoms with Crippen LogP contribution in [0, 0.1) is 0 Å². The number of rotatable bonds is 3. The van der Waals surface area contributed by atoms with Crippen LogP contribution in [0.1, 0.15) is 5.56 Å². The van der Waals surface area contributed by atoms with Gasteiger partial charge in [-0.05, 0) is 24.1 Å². The number of hydrogen-bond donors (Lipinski definition) is 3. The summed E-state index contributed by atoms with van der Waals surface area (Å²) in [6, 6.07) is 4.32. The molecule has 1 unspecified atom stereocenters. The van der Waals surface area contributed by atoms with E-state index in [2.05, 4.69) is 0 Å². The van der Waals surface area contributed by atoms with Gasteiger partial charge in [-0.3, -0.25) is 9.59 Å². The molecule has 1 aromatic carbocycles. The SMILES string of the molecule is NC(Cc1ccc(O)c(=O)cc1)C(=O)O. The van der Waals surface area contributed by atoms with Gasteiger partial charge in [0.05, 0.1) is 0 Å². The van der Waals surface area contributed by atoms with Gasteiger partial charge in [0, 0.05) is 0 Å². The smallest absolute Gasteiger partial charge is 0.320 e. The minimum Gasteiger partial charge on any atom is -0.504 e. The lowest BCUT2D eigenvalue weighted by Gasteiger charge is -2.03. The fourth-order valence-corrected chi connectivity index (χ4v) is 1.07. The number of nitrogens with two attached hydrogens (primary N) is 1. The number of carbonyl (C=O) groups is 1. The van der Waals surface area contributed by atoms with Gasteiger partial charge in [0.2, 0.25) is 5.43 Å². The van der Waals surface area contributed by atoms with Crippen LogP contribution in [0.3, 0.4) is 0 Å². The first-order valence-electron chi connectivity index (χ1n) is 4.31. The van der Waals surface area contributed by atoms with Crippen molar-refractivity contribution in [1.29, 1.82) is 0 Å². The van der Waals surface area contributed by atoms with Crippen LogP contribution in [-0.2, 0) is 11.2 Å². The van der Waals surface area contributed by atoms with E-state index < -0.39 is 17.4 Å². The van der Waals surface area contributed by atoms with Crippen molar-refractivity contribution in [2.75, 3.05) is 0 Å². The molecule has 0 radical (unpaired) electrons. The molecule has 0 bridgehead atoms. The Hall–Kier alpha value is -1.88. The van der Waals surface area contributed by atoms with Gasteiger partial charge in [0.15, 0.2) is 5.75 Å². The van der Waals surface area contributed by atoms with Crippen LogP contribution < -0.4 is 11.2 Å². The highest BCUT2D eigenvalue weighted by atomic mass is 16.4. The van der Waals surface area contributed by atoms with Crippen molar-refractivity contribution in [3.05, 3.63) is 40.1 Å². The summed E-state index contributed by atoms with van der Waals surface area (Å²) >= 11 is 0. The molecule has 80 valence electrons. The first-order valence-corrected chi connectivity index (χ1v) is 4.31. The average Bonchev–Trinajstić information content (AvgIpc) is 2.33. The molecule has 0 aliphatic carbocycles. The molecule has 0 aliphatic heterocycles. The van der Waals surface area contributed by atoms with Crippen molar-refractivity contribution in [3.63, 3.8) is 0 Å². The Bertz CT molecular complexity index is 430. The molecule has 4 N–H and O–H groups in total. The average molecular weight is 209 g/mol. The number of aliphatic carboxylic acids is 1. The molecule has 1 atom stereocenters. The van der Waals surface area contributed by atoms with Gasteiger partial charge in [0.1, 0.15) is 6.04 Å². The van der Waals surface area contributed by atoms with Gasteiger partial charge in [-0.1, -0.05) is 12.1 Å². The van der Waals surface area contributed by atoms with Crippen molar-refractivity contribution in [3.8, 4) is 5.75 Å². The third-order valence-electron chi connectivity index (χ3n) is 1.93. The van der Waals surface area contributed by atoms with Crippen LogP contribution in [-0.4, -0.2) is 22.2 Å². The van der Waals surface area contributed by atoms with E-state index in [1.165, 1.54) is 24.3 Å². The first kappa shape index (κ1) is 11.2. The molecule has 5 nitrogen and oxygen atoms in total. The highest BCUT2D eigenvalue weighted by Crippen LogP contribution is 2.04. The maximum absolute atomic E-state index is 11.0. The summed E-state index contributed by atoms with van der Waals surface area (Å²) in [5.41, 5.74) is 5.40. The van der Waals surface area contributed by atoms with Crippen molar-refractivity contribution >= 4 is 5.97 Å². The molecule has 0 amide bonds. The Kier molecular flexibility index (Phi) is 3.41. The standard InChI is InChI=1S/C10H11NO4/c11-7(10(14)15)5-6-1-3-8(12)9(13)4-2-6/h1-4,7H,5,11H2,(H,12,13)(H,14,15). The summed E-state index contributed by atoms with van der Waals surface area (Å²) in [6.07, 6.45) is 0.114. The van der Waals surface area contributed by atoms with Crippen LogP contribution in [0.25, 0.3) is 0 Å². The zero-order valence-electron chi connectivity index (χ0n) is 7.88. The van der Waals surface area contributed by atoms with Gasteiger partial charge in [-0.2, -0.15) is 0 Å². The second kappa shape index (κ2) is 4.56. The van der Waals surface area contributed by atoms with E-state index in [9.17, 15) is 9.59 Å². The van der Waals surface area contributed by atoms with Gasteiger partial charge in [0.25, 0.3) is 0 Å². The first-order chi connectivity index (χ1) is 7.00. The topological polar surface area (TPSA) is 101 Å². The number of carboxylic acid groups (broad SMARTS) is 1. The van der Waals surface area contributed by atoms with Crippen molar-refractivity contribution in [2.45, 2.75) is 12.5 Å². The van der Waals surface area contributed by atoms with E-state index in [4.69, 9.17) is 15.9 Å². The van der Waals surface area contributed by atoms with E-state index in [1.807, 2.05) is 0 Å². The van der Waals surface area contributed by atoms with Crippen LogP contribution >= 0.6 is 0 Å². The molecule has 0 saturated heterocycles. The van der Waals surface area contributed by atoms with E-state index in [0.29, 0.717) is 5.56 Å². The summed E-state index contributed by atoms with van der Waals surface area (Å²) in [6.45, 7) is 0. The fourth-order valence-electron chi connectivity index (χ4n) is 1.07. The van der Waals surface area contributed by atoms with Crippen LogP contribution in [0.2, 0.25) is 0 Å². The predicted octanol–water partition coefficient (Wildman–Crippen LogP) is -0.293. The zero-order valence-corrected chi connectivity index (χ0v) is 7.88. The van der Waals surface area contributed by atoms with Crippen LogP contribution in [0.15, 0.2) is 29.1 Å². The van der Waals surface area contributed by atoms with E-state index in [1.54, 1.807) is 0 Å². The maximum Gasteiger partial charge on any atom is 0.320 e. The fraction of sp³-hybridized carbons (Fsp3) is 0.200. The Morgan fingerprint density at radius 3 is 2.53 bits per heavy atom. The lowest BCUT2D eigenvalue weighted by Crippen LogP contribution is -2.32. The quantitative estimate of drug-likeness (QED) is 0.634. The molecule has 0 aromatic heterocycles. The maximum atomic E-state index is 11.0. The monoisotopic (exact) mass is 209 g/mol. The third-order valence-corrected chi connectivity index (χ3v) is 1.93. The molecule has 0 aliphatic rings. The van der Waals surface area contributed by atoms with Crippen molar-refractivity contribution in [2.24, 2.45) is 5.73 Å². The molecule has 0 fully saturated rings. The number of hydrogen-bond acceptors (Lipinski definition) is 4. The van der Waals surface area contributed by atoms with Gasteiger partial charge < -0.3 is 15.9 Å². The second-order valence-corrected chi connectivity index (χ2v) is 3.14. The molecule has 15 heavy (non-hydrogen) atoms. The van der Waals surface area contributed by atoms with Gasteiger partial charge in [-0.15, -0.1) is 0 Å². The molecule has 0 saturated carbocycles. The number of aromatic hydroxyl groups is 1. The lowest BCUT2D eigenvalue weighted by molar-refractivity contribution is -0.138. The normalized spacial score (nSPS) is 12.1. The largest absolute Gasteiger partial charge is 0.504 e. The molecule has 0 heterocycles. The summed E-state index contributed by atoms with van der Waals surface area (Å²) in [4.78, 5) is 21.5. The van der Waals surface area contributed by atoms with Gasteiger partial charge >= 0.3 is 5.97 Å². The highest BCUT2D eigenvalue weighted by Gasteiger charge is 2.11. The Morgan fingerprint density at radius 1 is 1.33 bits per heavy atom. The van der Waals surface area contributed by atoms with Crippen molar-refractivity contribution in [1.82, 2.24) is 0 Å². The Labute approximate surface area is 85.8 Å². The Balaban J connectivity index is 2.94. The van der Waals surface area contributed by atoms with Crippen molar-refractivity contribution < 1.29 is 15.0 Å². The zero-order chi connectivity index (χ0) is 11.4. The Morgan fingerprint density at radius 2 is 1.93 bits per heavy atom. The summed E-state index contributed by atoms with van der Waals surface area (Å²) in [7, 11) is 0. The molecule has 1 aromatic rings. The minimum atomic E-state index is -1.10. The van der Waals surface area contributed by atoms with Crippen LogP contribution in [0.5, 0.6) is 5.75 Å². The van der Waals surface area contributed by atoms with E-state index >= 15 is 0 Å². The van der Waals surface area contributed by atoms with E-state index in [-0.39, 0.29) is 12.2 Å². The predicted molar refractivity (Wildman–Crippen MR) is 53.7 cm³/mol. The molecule has 1 rings (SSSR count). The summed E-state index contributed by atoms with van der Waals surface area (Å²) in [5, 5.41) is 17.7. The molecular weight excluding hydrogens is 198 g/mol. The highest BCUT2D eigenvalue weighted by molar-refractivity contribution is 5.73. The second-order valence-electron chi connectivity index (χ2n) is 3.14. The lowest BCUT2D eigenvalue weighted by atomic mass is 10.1. The summed E-state index contributed by atoms with van der Waals surface area (Å²) in [5.74, 6) is -1.47. The third kappa shape index (κ3) is 3.07. The molecule has 5 heteroatoms. The van der Waals surface area contributed by atoms with Crippen LogP contribution in [0.4, 0.5) is 0 Å². The minimum absolute atomic E-state index is 0.114. The summed E-state index contributed by atoms with van der Waals surface area (Å²) < 4.78 is 0.